The van der Waals surface area contributed by atoms with Crippen LogP contribution in [0.2, 0.25) is 0 Å². The Balaban J connectivity index is 2.79. The maximum Gasteiger partial charge on any atom is 0.411 e. The van der Waals surface area contributed by atoms with E-state index >= 15 is 0 Å². The van der Waals surface area contributed by atoms with E-state index in [2.05, 4.69) is 0 Å². The molecule has 1 aliphatic rings. The lowest BCUT2D eigenvalue weighted by Gasteiger charge is -2.18. The molecule has 0 bridgehead atoms. The zero-order chi connectivity index (χ0) is 11.6. The van der Waals surface area contributed by atoms with Crippen LogP contribution in [-0.4, -0.2) is 46.5 Å². The quantitative estimate of drug-likeness (QED) is 0.727. The molecule has 1 heterocycles. The van der Waals surface area contributed by atoms with E-state index < -0.39 is 24.2 Å². The van der Waals surface area contributed by atoms with Gasteiger partial charge in [0.1, 0.15) is 6.10 Å². The van der Waals surface area contributed by atoms with Gasteiger partial charge >= 0.3 is 12.1 Å². The van der Waals surface area contributed by atoms with Crippen LogP contribution in [0.1, 0.15) is 20.3 Å². The molecule has 1 aliphatic heterocycles. The topological polar surface area (TPSA) is 83.9 Å². The third-order valence-electron chi connectivity index (χ3n) is 2.30. The average molecular weight is 215 g/mol. The number of carbonyl (C=O) groups excluding carboxylic acids is 2. The Bertz CT molecular complexity index is 301. The van der Waals surface area contributed by atoms with Crippen LogP contribution < -0.4 is 0 Å². The fraction of sp³-hybridized carbons (Fsp3) is 0.667. The molecule has 0 spiro atoms. The molecule has 1 amide bonds. The van der Waals surface area contributed by atoms with E-state index in [0.717, 1.165) is 4.90 Å². The van der Waals surface area contributed by atoms with Gasteiger partial charge in [0, 0.05) is 6.42 Å². The monoisotopic (exact) mass is 215 g/mol. The number of ketones is 1. The minimum absolute atomic E-state index is 0.188. The van der Waals surface area contributed by atoms with Crippen molar-refractivity contribution in [1.29, 1.82) is 0 Å². The summed E-state index contributed by atoms with van der Waals surface area (Å²) >= 11 is 0. The Hall–Kier alpha value is -1.59. The van der Waals surface area contributed by atoms with Crippen molar-refractivity contribution in [3.63, 3.8) is 0 Å². The first-order valence-electron chi connectivity index (χ1n) is 4.69. The Kier molecular flexibility index (Phi) is 3.28. The number of carbonyl (C=O) groups is 3. The summed E-state index contributed by atoms with van der Waals surface area (Å²) in [6.07, 6.45) is -1.19. The van der Waals surface area contributed by atoms with E-state index in [1.54, 1.807) is 6.92 Å². The molecule has 84 valence electrons. The van der Waals surface area contributed by atoms with Crippen molar-refractivity contribution < 1.29 is 24.2 Å². The van der Waals surface area contributed by atoms with Crippen molar-refractivity contribution in [3.8, 4) is 0 Å². The molecule has 1 N–H and O–H groups in total. The lowest BCUT2D eigenvalue weighted by atomic mass is 10.1. The lowest BCUT2D eigenvalue weighted by Crippen LogP contribution is -2.44. The molecule has 6 nitrogen and oxygen atoms in total. The SMILES string of the molecule is CCC(=O)CN1C(=O)O[C@@H](C)[C@H]1C(=O)O. The Morgan fingerprint density at radius 3 is 2.60 bits per heavy atom. The lowest BCUT2D eigenvalue weighted by molar-refractivity contribution is -0.142. The number of cyclic esters (lactones) is 1. The van der Waals surface area contributed by atoms with Crippen LogP contribution in [0.5, 0.6) is 0 Å². The number of carboxylic acids is 1. The van der Waals surface area contributed by atoms with Gasteiger partial charge in [0.15, 0.2) is 11.8 Å². The van der Waals surface area contributed by atoms with Crippen molar-refractivity contribution in [3.05, 3.63) is 0 Å². The molecule has 0 unspecified atom stereocenters. The van der Waals surface area contributed by atoms with Gasteiger partial charge < -0.3 is 9.84 Å². The fourth-order valence-electron chi connectivity index (χ4n) is 1.46. The molecule has 0 aromatic heterocycles. The number of amides is 1. The summed E-state index contributed by atoms with van der Waals surface area (Å²) in [4.78, 5) is 34.2. The average Bonchev–Trinajstić information content (AvgIpc) is 2.41. The van der Waals surface area contributed by atoms with Crippen LogP contribution in [0.4, 0.5) is 4.79 Å². The van der Waals surface area contributed by atoms with Crippen LogP contribution in [0.25, 0.3) is 0 Å². The molecule has 0 radical (unpaired) electrons. The zero-order valence-corrected chi connectivity index (χ0v) is 8.60. The minimum atomic E-state index is -1.16. The molecule has 1 rings (SSSR count). The number of ether oxygens (including phenoxy) is 1. The summed E-state index contributed by atoms with van der Waals surface area (Å²) in [5.74, 6) is -1.34. The van der Waals surface area contributed by atoms with Crippen LogP contribution in [0.3, 0.4) is 0 Å². The van der Waals surface area contributed by atoms with Gasteiger partial charge in [-0.2, -0.15) is 0 Å². The van der Waals surface area contributed by atoms with Crippen molar-refractivity contribution in [1.82, 2.24) is 4.90 Å². The smallest absolute Gasteiger partial charge is 0.411 e. The molecular weight excluding hydrogens is 202 g/mol. The predicted octanol–water partition coefficient (Wildman–Crippen LogP) is 0.259. The molecular formula is C9H13NO5. The van der Waals surface area contributed by atoms with E-state index in [1.807, 2.05) is 0 Å². The first kappa shape index (κ1) is 11.5. The Labute approximate surface area is 86.8 Å². The van der Waals surface area contributed by atoms with Gasteiger partial charge in [0.2, 0.25) is 0 Å². The Morgan fingerprint density at radius 1 is 1.53 bits per heavy atom. The normalized spacial score (nSPS) is 25.2. The number of rotatable bonds is 4. The standard InChI is InChI=1S/C9H13NO5/c1-3-6(11)4-10-7(8(12)13)5(2)15-9(10)14/h5,7H,3-4H2,1-2H3,(H,12,13)/t5-,7-/m0/s1. The molecule has 0 aliphatic carbocycles. The molecule has 1 fully saturated rings. The van der Waals surface area contributed by atoms with Gasteiger partial charge in [-0.15, -0.1) is 0 Å². The van der Waals surface area contributed by atoms with Crippen molar-refractivity contribution in [2.45, 2.75) is 32.4 Å². The predicted molar refractivity (Wildman–Crippen MR) is 49.4 cm³/mol. The summed E-state index contributed by atoms with van der Waals surface area (Å²) < 4.78 is 4.75. The first-order valence-corrected chi connectivity index (χ1v) is 4.69. The number of Topliss-reactive ketones (excluding diaryl/α,β-unsaturated/α-hetero) is 1. The highest BCUT2D eigenvalue weighted by Crippen LogP contribution is 2.19. The fourth-order valence-corrected chi connectivity index (χ4v) is 1.46. The number of aliphatic carboxylic acids is 1. The molecule has 15 heavy (non-hydrogen) atoms. The molecule has 0 aromatic rings. The van der Waals surface area contributed by atoms with Gasteiger partial charge in [-0.05, 0) is 6.92 Å². The summed E-state index contributed by atoms with van der Waals surface area (Å²) in [7, 11) is 0. The molecule has 1 saturated heterocycles. The number of carboxylic acid groups (broad SMARTS) is 1. The molecule has 2 atom stereocenters. The molecule has 6 heteroatoms. The largest absolute Gasteiger partial charge is 0.480 e. The van der Waals surface area contributed by atoms with Gasteiger partial charge in [-0.3, -0.25) is 9.69 Å². The van der Waals surface area contributed by atoms with Gasteiger partial charge in [0.25, 0.3) is 0 Å². The van der Waals surface area contributed by atoms with E-state index in [-0.39, 0.29) is 18.7 Å². The van der Waals surface area contributed by atoms with E-state index in [4.69, 9.17) is 9.84 Å². The van der Waals surface area contributed by atoms with Crippen molar-refractivity contribution in [2.24, 2.45) is 0 Å². The van der Waals surface area contributed by atoms with E-state index in [9.17, 15) is 14.4 Å². The minimum Gasteiger partial charge on any atom is -0.480 e. The third kappa shape index (κ3) is 2.26. The van der Waals surface area contributed by atoms with Crippen molar-refractivity contribution >= 4 is 17.8 Å². The maximum atomic E-state index is 11.2. The van der Waals surface area contributed by atoms with Gasteiger partial charge in [-0.1, -0.05) is 6.92 Å². The zero-order valence-electron chi connectivity index (χ0n) is 8.60. The van der Waals surface area contributed by atoms with Crippen LogP contribution in [0, 0.1) is 0 Å². The van der Waals surface area contributed by atoms with E-state index in [0.29, 0.717) is 0 Å². The van der Waals surface area contributed by atoms with Crippen LogP contribution in [0.15, 0.2) is 0 Å². The Morgan fingerprint density at radius 2 is 2.13 bits per heavy atom. The van der Waals surface area contributed by atoms with Gasteiger partial charge in [-0.25, -0.2) is 9.59 Å². The number of hydrogen-bond acceptors (Lipinski definition) is 4. The second kappa shape index (κ2) is 4.29. The maximum absolute atomic E-state index is 11.2. The van der Waals surface area contributed by atoms with Gasteiger partial charge in [0.05, 0.1) is 6.54 Å². The molecule has 0 saturated carbocycles. The highest BCUT2D eigenvalue weighted by Gasteiger charge is 2.44. The van der Waals surface area contributed by atoms with Crippen LogP contribution >= 0.6 is 0 Å². The number of nitrogens with zero attached hydrogens (tertiary/aromatic N) is 1. The van der Waals surface area contributed by atoms with Crippen molar-refractivity contribution in [2.75, 3.05) is 6.54 Å². The molecule has 0 aromatic carbocycles. The summed E-state index contributed by atoms with van der Waals surface area (Å²) in [5, 5.41) is 8.87. The summed E-state index contributed by atoms with van der Waals surface area (Å²) in [5.41, 5.74) is 0. The summed E-state index contributed by atoms with van der Waals surface area (Å²) in [6, 6.07) is -1.06. The first-order chi connectivity index (χ1) is 6.97. The second-order valence-electron chi connectivity index (χ2n) is 3.39. The van der Waals surface area contributed by atoms with Crippen LogP contribution in [-0.2, 0) is 14.3 Å². The highest BCUT2D eigenvalue weighted by molar-refractivity contribution is 5.89. The number of hydrogen-bond donors (Lipinski definition) is 1. The summed E-state index contributed by atoms with van der Waals surface area (Å²) in [6.45, 7) is 2.95. The third-order valence-corrected chi connectivity index (χ3v) is 2.30. The second-order valence-corrected chi connectivity index (χ2v) is 3.39. The highest BCUT2D eigenvalue weighted by atomic mass is 16.6. The van der Waals surface area contributed by atoms with E-state index in [1.165, 1.54) is 6.92 Å².